The van der Waals surface area contributed by atoms with Gasteiger partial charge in [-0.15, -0.1) is 13.2 Å². The Hall–Kier alpha value is -2.71. The van der Waals surface area contributed by atoms with Gasteiger partial charge in [0.25, 0.3) is 11.8 Å². The lowest BCUT2D eigenvalue weighted by atomic mass is 10.0. The van der Waals surface area contributed by atoms with Gasteiger partial charge >= 0.3 is 5.97 Å². The van der Waals surface area contributed by atoms with E-state index in [-0.39, 0.29) is 18.4 Å². The van der Waals surface area contributed by atoms with Crippen LogP contribution in [0.1, 0.15) is 40.0 Å². The number of amides is 2. The number of hydrazine groups is 1. The molecule has 0 spiro atoms. The number of carbonyl (C=O) groups is 3. The number of nitrogens with zero attached hydrogens (tertiary/aromatic N) is 1. The Balaban J connectivity index is 0. The molecule has 4 N–H and O–H groups in total. The fourth-order valence-electron chi connectivity index (χ4n) is 2.15. The van der Waals surface area contributed by atoms with E-state index in [9.17, 15) is 14.4 Å². The topological polar surface area (TPSA) is 122 Å². The van der Waals surface area contributed by atoms with Gasteiger partial charge < -0.3 is 15.6 Å². The molecule has 1 unspecified atom stereocenters. The summed E-state index contributed by atoms with van der Waals surface area (Å²) in [7, 11) is 0. The van der Waals surface area contributed by atoms with Gasteiger partial charge in [-0.05, 0) is 32.4 Å². The zero-order valence-electron chi connectivity index (χ0n) is 17.7. The van der Waals surface area contributed by atoms with E-state index in [1.807, 2.05) is 39.0 Å². The molecule has 8 nitrogen and oxygen atoms in total. The number of nitrogens with one attached hydrogen (secondary N) is 1. The molecule has 1 saturated heterocycles. The maximum absolute atomic E-state index is 12.1. The number of hydrogen-bond donors (Lipinski definition) is 3. The Morgan fingerprint density at radius 1 is 1.17 bits per heavy atom. The molecule has 0 aromatic heterocycles. The quantitative estimate of drug-likeness (QED) is 0.470. The van der Waals surface area contributed by atoms with Crippen LogP contribution in [0.3, 0.4) is 0 Å². The largest absolute Gasteiger partial charge is 0.480 e. The average Bonchev–Trinajstić information content (AvgIpc) is 3.03. The number of carbonyl (C=O) groups excluding carboxylic acids is 2. The van der Waals surface area contributed by atoms with Gasteiger partial charge in [0.05, 0.1) is 12.2 Å². The van der Waals surface area contributed by atoms with Crippen LogP contribution in [0, 0.1) is 5.92 Å². The molecule has 2 amide bonds. The fraction of sp³-hybridized carbons (Fsp3) is 0.476. The van der Waals surface area contributed by atoms with E-state index in [1.54, 1.807) is 12.1 Å². The number of aliphatic carboxylic acids is 1. The zero-order valence-corrected chi connectivity index (χ0v) is 17.7. The van der Waals surface area contributed by atoms with Gasteiger partial charge in [0.15, 0.2) is 0 Å². The summed E-state index contributed by atoms with van der Waals surface area (Å²) < 4.78 is 4.83. The van der Waals surface area contributed by atoms with Crippen molar-refractivity contribution in [1.29, 1.82) is 0 Å². The third-order valence-corrected chi connectivity index (χ3v) is 3.50. The highest BCUT2D eigenvalue weighted by atomic mass is 16.5. The molecule has 0 radical (unpaired) electrons. The molecule has 164 valence electrons. The van der Waals surface area contributed by atoms with Gasteiger partial charge in [-0.25, -0.2) is 5.01 Å². The van der Waals surface area contributed by atoms with E-state index in [1.165, 1.54) is 5.01 Å². The Bertz CT molecular complexity index is 579. The number of benzene rings is 1. The highest BCUT2D eigenvalue weighted by molar-refractivity contribution is 6.14. The van der Waals surface area contributed by atoms with Crippen molar-refractivity contribution < 1.29 is 24.2 Å². The molecule has 29 heavy (non-hydrogen) atoms. The van der Waals surface area contributed by atoms with Crippen molar-refractivity contribution >= 4 is 23.5 Å². The van der Waals surface area contributed by atoms with Gasteiger partial charge in [0.1, 0.15) is 5.92 Å². The second kappa shape index (κ2) is 18.6. The highest BCUT2D eigenvalue weighted by Gasteiger charge is 2.39. The molecular formula is C21H35N3O5. The molecule has 2 rings (SSSR count). The molecule has 1 aliphatic heterocycles. The van der Waals surface area contributed by atoms with E-state index in [2.05, 4.69) is 24.3 Å². The minimum atomic E-state index is -0.968. The first-order valence-corrected chi connectivity index (χ1v) is 9.61. The molecule has 1 aromatic carbocycles. The lowest BCUT2D eigenvalue weighted by molar-refractivity contribution is -0.135. The standard InChI is InChI=1S/C13H16N2O2.C4H10O.C2H5NO2.C2H4/c1-2-3-9-11-12(16)14-15(13(11)17)10-7-5-4-6-8-10;1-3-5-4-2;3-1-2(4)5;1-2/h4-8,11H,2-3,9H2,1H3,(H,14,16);3-4H2,1-2H3;1,3H2,(H,4,5);1-2H2. The van der Waals surface area contributed by atoms with Gasteiger partial charge in [-0.2, -0.15) is 0 Å². The third kappa shape index (κ3) is 12.4. The molecule has 0 saturated carbocycles. The minimum absolute atomic E-state index is 0.144. The number of hydrogen-bond acceptors (Lipinski definition) is 5. The summed E-state index contributed by atoms with van der Waals surface area (Å²) in [4.78, 5) is 33.0. The van der Waals surface area contributed by atoms with Crippen molar-refractivity contribution in [2.45, 2.75) is 40.0 Å². The number of anilines is 1. The first-order chi connectivity index (χ1) is 13.9. The highest BCUT2D eigenvalue weighted by Crippen LogP contribution is 2.22. The van der Waals surface area contributed by atoms with Crippen LogP contribution in [0.25, 0.3) is 0 Å². The molecule has 1 aliphatic rings. The summed E-state index contributed by atoms with van der Waals surface area (Å²) >= 11 is 0. The molecule has 1 atom stereocenters. The Labute approximate surface area is 173 Å². The average molecular weight is 410 g/mol. The summed E-state index contributed by atoms with van der Waals surface area (Å²) in [5.74, 6) is -1.82. The van der Waals surface area contributed by atoms with E-state index < -0.39 is 11.9 Å². The number of unbranched alkanes of at least 4 members (excludes halogenated alkanes) is 1. The lowest BCUT2D eigenvalue weighted by Crippen LogP contribution is -2.35. The predicted molar refractivity (Wildman–Crippen MR) is 115 cm³/mol. The van der Waals surface area contributed by atoms with Crippen LogP contribution in [0.2, 0.25) is 0 Å². The van der Waals surface area contributed by atoms with E-state index in [0.717, 1.165) is 26.1 Å². The first kappa shape index (κ1) is 28.5. The smallest absolute Gasteiger partial charge is 0.317 e. The van der Waals surface area contributed by atoms with Crippen molar-refractivity contribution in [1.82, 2.24) is 5.43 Å². The molecule has 0 bridgehead atoms. The number of rotatable bonds is 7. The predicted octanol–water partition coefficient (Wildman–Crippen LogP) is 2.75. The normalized spacial score (nSPS) is 14.3. The maximum Gasteiger partial charge on any atom is 0.317 e. The van der Waals surface area contributed by atoms with Crippen LogP contribution in [0.15, 0.2) is 43.5 Å². The van der Waals surface area contributed by atoms with E-state index in [4.69, 9.17) is 9.84 Å². The van der Waals surface area contributed by atoms with Gasteiger partial charge in [0.2, 0.25) is 0 Å². The summed E-state index contributed by atoms with van der Waals surface area (Å²) in [5, 5.41) is 8.95. The maximum atomic E-state index is 12.1. The summed E-state index contributed by atoms with van der Waals surface area (Å²) in [6, 6.07) is 9.17. The molecule has 1 aromatic rings. The Morgan fingerprint density at radius 2 is 1.69 bits per heavy atom. The SMILES string of the molecule is C=C.CCCCC1C(=O)NN(c2ccccc2)C1=O.CCOCC.NCC(=O)O. The zero-order chi connectivity index (χ0) is 22.7. The van der Waals surface area contributed by atoms with Crippen molar-refractivity contribution in [2.75, 3.05) is 24.8 Å². The van der Waals surface area contributed by atoms with Crippen LogP contribution in [-0.2, 0) is 19.1 Å². The van der Waals surface area contributed by atoms with Crippen LogP contribution in [-0.4, -0.2) is 42.6 Å². The fourth-order valence-corrected chi connectivity index (χ4v) is 2.15. The number of carboxylic acids is 1. The molecule has 1 heterocycles. The second-order valence-corrected chi connectivity index (χ2v) is 5.56. The van der Waals surface area contributed by atoms with Gasteiger partial charge in [-0.3, -0.25) is 19.8 Å². The van der Waals surface area contributed by atoms with Crippen molar-refractivity contribution in [3.8, 4) is 0 Å². The molecule has 0 aliphatic carbocycles. The number of carboxylic acid groups (broad SMARTS) is 1. The summed E-state index contributed by atoms with van der Waals surface area (Å²) in [5.41, 5.74) is 7.91. The van der Waals surface area contributed by atoms with E-state index >= 15 is 0 Å². The Morgan fingerprint density at radius 3 is 2.07 bits per heavy atom. The van der Waals surface area contributed by atoms with Gasteiger partial charge in [-0.1, -0.05) is 38.0 Å². The van der Waals surface area contributed by atoms with Crippen LogP contribution >= 0.6 is 0 Å². The van der Waals surface area contributed by atoms with Crippen molar-refractivity contribution in [2.24, 2.45) is 11.7 Å². The van der Waals surface area contributed by atoms with Crippen LogP contribution in [0.5, 0.6) is 0 Å². The summed E-state index contributed by atoms with van der Waals surface area (Å²) in [6.45, 7) is 13.4. The van der Waals surface area contributed by atoms with Gasteiger partial charge in [0, 0.05) is 13.2 Å². The van der Waals surface area contributed by atoms with Crippen molar-refractivity contribution in [3.63, 3.8) is 0 Å². The van der Waals surface area contributed by atoms with Crippen molar-refractivity contribution in [3.05, 3.63) is 43.5 Å². The first-order valence-electron chi connectivity index (χ1n) is 9.61. The summed E-state index contributed by atoms with van der Waals surface area (Å²) in [6.07, 6.45) is 2.51. The molecule has 1 fully saturated rings. The van der Waals surface area contributed by atoms with E-state index in [0.29, 0.717) is 12.1 Å². The third-order valence-electron chi connectivity index (χ3n) is 3.50. The Kier molecular flexibility index (Phi) is 18.3. The lowest BCUT2D eigenvalue weighted by Gasteiger charge is -2.14. The molecular weight excluding hydrogens is 374 g/mol. The molecule has 8 heteroatoms. The number of nitrogens with two attached hydrogens (primary N) is 1. The van der Waals surface area contributed by atoms with Crippen LogP contribution in [0.4, 0.5) is 5.69 Å². The second-order valence-electron chi connectivity index (χ2n) is 5.56. The minimum Gasteiger partial charge on any atom is -0.480 e. The monoisotopic (exact) mass is 409 g/mol. The number of para-hydroxylation sites is 1. The van der Waals surface area contributed by atoms with Crippen LogP contribution < -0.4 is 16.2 Å². The number of ether oxygens (including phenoxy) is 1.